The summed E-state index contributed by atoms with van der Waals surface area (Å²) in [5, 5.41) is 4.51. The van der Waals surface area contributed by atoms with Gasteiger partial charge < -0.3 is 0 Å². The van der Waals surface area contributed by atoms with Gasteiger partial charge in [-0.05, 0) is 50.4 Å². The highest BCUT2D eigenvalue weighted by molar-refractivity contribution is 6.21. The minimum absolute atomic E-state index is 0.0108. The van der Waals surface area contributed by atoms with Crippen LogP contribution in [0.4, 0.5) is 0 Å². The lowest BCUT2D eigenvalue weighted by molar-refractivity contribution is -0.136. The summed E-state index contributed by atoms with van der Waals surface area (Å²) in [6, 6.07) is -0.295. The first-order valence-corrected chi connectivity index (χ1v) is 13.3. The van der Waals surface area contributed by atoms with Crippen LogP contribution in [0.2, 0.25) is 0 Å². The van der Waals surface area contributed by atoms with Gasteiger partial charge in [0.25, 0.3) is 0 Å². The fraction of sp³-hybridized carbons (Fsp3) is 0.957. The molecule has 0 spiro atoms. The predicted molar refractivity (Wildman–Crippen MR) is 124 cm³/mol. The van der Waals surface area contributed by atoms with E-state index in [1.807, 2.05) is 0 Å². The Balaban J connectivity index is 1.44. The van der Waals surface area contributed by atoms with Crippen LogP contribution >= 0.6 is 23.2 Å². The van der Waals surface area contributed by atoms with Gasteiger partial charge in [-0.15, -0.1) is 23.2 Å². The van der Waals surface area contributed by atoms with Crippen molar-refractivity contribution in [2.45, 2.75) is 99.9 Å². The normalized spacial score (nSPS) is 36.1. The predicted octanol–water partition coefficient (Wildman–Crippen LogP) is 4.09. The molecule has 4 atom stereocenters. The van der Waals surface area contributed by atoms with Crippen molar-refractivity contribution >= 4 is 29.0 Å². The summed E-state index contributed by atoms with van der Waals surface area (Å²) in [5.74, 6) is 1.69. The van der Waals surface area contributed by atoms with Gasteiger partial charge in [0.1, 0.15) is 0 Å². The summed E-state index contributed by atoms with van der Waals surface area (Å²) in [4.78, 5) is 13.9. The molecule has 4 rings (SSSR count). The molecule has 0 amide bonds. The Hall–Kier alpha value is 0.0900. The molecule has 0 aromatic rings. The minimum atomic E-state index is -0.147. The monoisotopic (exact) mass is 458 g/mol. The summed E-state index contributed by atoms with van der Waals surface area (Å²) >= 11 is 13.1. The highest BCUT2D eigenvalue weighted by Gasteiger charge is 2.42. The molecule has 0 radical (unpaired) electrons. The number of hydrazine groups is 2. The molecule has 2 heterocycles. The molecule has 30 heavy (non-hydrogen) atoms. The van der Waals surface area contributed by atoms with Crippen molar-refractivity contribution in [2.75, 3.05) is 26.2 Å². The number of nitrogens with zero attached hydrogens (tertiary/aromatic N) is 2. The summed E-state index contributed by atoms with van der Waals surface area (Å²) in [7, 11) is 0. The molecule has 2 saturated carbocycles. The number of carbonyl (C=O) groups is 1. The Morgan fingerprint density at radius 3 is 1.50 bits per heavy atom. The molecule has 172 valence electrons. The number of hydrogen-bond donors (Lipinski definition) is 2. The fourth-order valence-corrected chi connectivity index (χ4v) is 6.48. The van der Waals surface area contributed by atoms with Gasteiger partial charge in [-0.2, -0.15) is 0 Å². The molecule has 4 unspecified atom stereocenters. The van der Waals surface area contributed by atoms with Gasteiger partial charge in [0.2, 0.25) is 0 Å². The number of nitrogens with one attached hydrogen (secondary N) is 2. The Labute approximate surface area is 192 Å². The van der Waals surface area contributed by atoms with E-state index >= 15 is 0 Å². The number of Topliss-reactive ketones (excluding diaryl/α,β-unsaturated/α-hetero) is 1. The number of halogens is 2. The zero-order chi connectivity index (χ0) is 20.9. The van der Waals surface area contributed by atoms with E-state index in [9.17, 15) is 4.79 Å². The summed E-state index contributed by atoms with van der Waals surface area (Å²) < 4.78 is 0. The van der Waals surface area contributed by atoms with E-state index in [4.69, 9.17) is 23.2 Å². The highest BCUT2D eigenvalue weighted by Crippen LogP contribution is 2.30. The van der Waals surface area contributed by atoms with Crippen molar-refractivity contribution in [3.8, 4) is 0 Å². The third-order valence-corrected chi connectivity index (χ3v) is 8.42. The number of alkyl halides is 2. The van der Waals surface area contributed by atoms with Gasteiger partial charge in [-0.25, -0.2) is 10.0 Å². The molecule has 0 bridgehead atoms. The zero-order valence-corrected chi connectivity index (χ0v) is 19.8. The lowest BCUT2D eigenvalue weighted by atomic mass is 9.86. The summed E-state index contributed by atoms with van der Waals surface area (Å²) in [6.45, 7) is 3.44. The number of ketones is 1. The second-order valence-electron chi connectivity index (χ2n) is 10.1. The van der Waals surface area contributed by atoms with Gasteiger partial charge in [0.05, 0.1) is 12.1 Å². The topological polar surface area (TPSA) is 47.6 Å². The van der Waals surface area contributed by atoms with Gasteiger partial charge in [0, 0.05) is 36.9 Å². The Kier molecular flexibility index (Phi) is 8.75. The molecule has 0 aromatic heterocycles. The van der Waals surface area contributed by atoms with Gasteiger partial charge in [-0.1, -0.05) is 38.5 Å². The molecule has 2 aliphatic carbocycles. The van der Waals surface area contributed by atoms with Gasteiger partial charge >= 0.3 is 0 Å². The Bertz CT molecular complexity index is 507. The van der Waals surface area contributed by atoms with Crippen LogP contribution in [-0.2, 0) is 4.79 Å². The molecular formula is C23H40Cl2N4O. The van der Waals surface area contributed by atoms with Crippen LogP contribution in [0.5, 0.6) is 0 Å². The molecule has 2 saturated heterocycles. The van der Waals surface area contributed by atoms with Crippen LogP contribution in [0.3, 0.4) is 0 Å². The quantitative estimate of drug-likeness (QED) is 0.586. The van der Waals surface area contributed by atoms with Crippen molar-refractivity contribution in [1.82, 2.24) is 20.9 Å². The van der Waals surface area contributed by atoms with E-state index in [0.717, 1.165) is 39.0 Å². The van der Waals surface area contributed by atoms with Crippen LogP contribution in [0.15, 0.2) is 0 Å². The van der Waals surface area contributed by atoms with Gasteiger partial charge in [0.15, 0.2) is 5.78 Å². The second-order valence-corrected chi connectivity index (χ2v) is 11.4. The van der Waals surface area contributed by atoms with Crippen molar-refractivity contribution < 1.29 is 4.79 Å². The number of carbonyl (C=O) groups excluding carboxylic acids is 1. The maximum atomic E-state index is 13.9. The van der Waals surface area contributed by atoms with E-state index in [1.165, 1.54) is 64.2 Å². The average Bonchev–Trinajstić information content (AvgIpc) is 2.77. The van der Waals surface area contributed by atoms with Crippen LogP contribution in [0.25, 0.3) is 0 Å². The maximum Gasteiger partial charge on any atom is 0.169 e. The minimum Gasteiger partial charge on any atom is -0.296 e. The largest absolute Gasteiger partial charge is 0.296 e. The Morgan fingerprint density at radius 1 is 0.700 bits per heavy atom. The van der Waals surface area contributed by atoms with Crippen LogP contribution < -0.4 is 10.9 Å². The van der Waals surface area contributed by atoms with E-state index in [1.54, 1.807) is 0 Å². The third kappa shape index (κ3) is 6.11. The van der Waals surface area contributed by atoms with Crippen LogP contribution in [-0.4, -0.2) is 64.8 Å². The van der Waals surface area contributed by atoms with Crippen LogP contribution in [0, 0.1) is 11.8 Å². The Morgan fingerprint density at radius 2 is 1.10 bits per heavy atom. The first-order valence-electron chi connectivity index (χ1n) is 12.4. The van der Waals surface area contributed by atoms with E-state index in [0.29, 0.717) is 17.6 Å². The van der Waals surface area contributed by atoms with E-state index < -0.39 is 0 Å². The summed E-state index contributed by atoms with van der Waals surface area (Å²) in [5.41, 5.74) is 7.00. The van der Waals surface area contributed by atoms with Gasteiger partial charge in [-0.3, -0.25) is 15.6 Å². The average molecular weight is 460 g/mol. The first kappa shape index (κ1) is 23.3. The third-order valence-electron chi connectivity index (χ3n) is 7.76. The fourth-order valence-electron chi connectivity index (χ4n) is 6.00. The van der Waals surface area contributed by atoms with Crippen molar-refractivity contribution in [2.24, 2.45) is 11.8 Å². The van der Waals surface area contributed by atoms with Crippen molar-refractivity contribution in [3.05, 3.63) is 0 Å². The van der Waals surface area contributed by atoms with E-state index in [2.05, 4.69) is 20.9 Å². The SMILES string of the molecule is O=C(C1CC(Cl)CNN1CC1CCCCC1)C1CC(Cl)CNN1CC1CCCCC1. The molecule has 2 aliphatic heterocycles. The molecular weight excluding hydrogens is 419 g/mol. The molecule has 7 heteroatoms. The number of rotatable bonds is 6. The zero-order valence-electron chi connectivity index (χ0n) is 18.3. The molecule has 4 fully saturated rings. The maximum absolute atomic E-state index is 13.9. The molecule has 5 nitrogen and oxygen atoms in total. The molecule has 2 N–H and O–H groups in total. The van der Waals surface area contributed by atoms with E-state index in [-0.39, 0.29) is 22.8 Å². The van der Waals surface area contributed by atoms with Crippen LogP contribution in [0.1, 0.15) is 77.0 Å². The first-order chi connectivity index (χ1) is 14.6. The second kappa shape index (κ2) is 11.3. The molecule has 0 aromatic carbocycles. The summed E-state index contributed by atoms with van der Waals surface area (Å²) in [6.07, 6.45) is 14.6. The number of hydrogen-bond acceptors (Lipinski definition) is 5. The lowest BCUT2D eigenvalue weighted by Gasteiger charge is -2.45. The standard InChI is InChI=1S/C23H40Cl2N4O/c24-19-11-21(28(26-13-19)15-17-7-3-1-4-8-17)23(30)22-12-20(25)14-27-29(22)16-18-9-5-2-6-10-18/h17-22,26-27H,1-16H2. The molecule has 4 aliphatic rings. The van der Waals surface area contributed by atoms with Crippen molar-refractivity contribution in [1.29, 1.82) is 0 Å². The smallest absolute Gasteiger partial charge is 0.169 e. The highest BCUT2D eigenvalue weighted by atomic mass is 35.5. The van der Waals surface area contributed by atoms with Crippen molar-refractivity contribution in [3.63, 3.8) is 0 Å². The lowest BCUT2D eigenvalue weighted by Crippen LogP contribution is -2.65.